The maximum absolute atomic E-state index is 12.9. The number of rotatable bonds is 8. The second kappa shape index (κ2) is 11.3. The van der Waals surface area contributed by atoms with Crippen molar-refractivity contribution in [1.82, 2.24) is 15.5 Å². The highest BCUT2D eigenvalue weighted by molar-refractivity contribution is 7.99. The Kier molecular flexibility index (Phi) is 9.07. The summed E-state index contributed by atoms with van der Waals surface area (Å²) in [6.45, 7) is 10.3. The highest BCUT2D eigenvalue weighted by atomic mass is 32.2. The summed E-state index contributed by atoms with van der Waals surface area (Å²) in [6, 6.07) is 7.02. The van der Waals surface area contributed by atoms with E-state index < -0.39 is 0 Å². The highest BCUT2D eigenvalue weighted by Crippen LogP contribution is 2.17. The Bertz CT molecular complexity index is 520. The lowest BCUT2D eigenvalue weighted by atomic mass is 10.2. The lowest BCUT2D eigenvalue weighted by Crippen LogP contribution is -2.44. The van der Waals surface area contributed by atoms with Crippen LogP contribution < -0.4 is 10.6 Å². The van der Waals surface area contributed by atoms with E-state index in [1.807, 2.05) is 12.1 Å². The van der Waals surface area contributed by atoms with Crippen LogP contribution in [0.4, 0.5) is 4.39 Å². The van der Waals surface area contributed by atoms with Crippen molar-refractivity contribution in [1.29, 1.82) is 0 Å². The van der Waals surface area contributed by atoms with Crippen LogP contribution in [0.25, 0.3) is 0 Å². The van der Waals surface area contributed by atoms with E-state index in [2.05, 4.69) is 29.4 Å². The van der Waals surface area contributed by atoms with Crippen molar-refractivity contribution >= 4 is 17.7 Å². The van der Waals surface area contributed by atoms with Crippen molar-refractivity contribution in [2.45, 2.75) is 24.8 Å². The van der Waals surface area contributed by atoms with Gasteiger partial charge in [-0.2, -0.15) is 0 Å². The molecule has 1 saturated heterocycles. The largest absolute Gasteiger partial charge is 0.379 e. The average Bonchev–Trinajstić information content (AvgIpc) is 2.65. The first-order valence-corrected chi connectivity index (χ1v) is 9.90. The van der Waals surface area contributed by atoms with Crippen LogP contribution in [-0.2, 0) is 4.74 Å². The van der Waals surface area contributed by atoms with E-state index in [4.69, 9.17) is 9.73 Å². The zero-order valence-corrected chi connectivity index (χ0v) is 15.9. The van der Waals surface area contributed by atoms with E-state index in [0.717, 1.165) is 62.5 Å². The molecule has 1 aromatic carbocycles. The first-order valence-electron chi connectivity index (χ1n) is 8.91. The Balaban J connectivity index is 1.72. The first kappa shape index (κ1) is 20.0. The van der Waals surface area contributed by atoms with Gasteiger partial charge in [0.15, 0.2) is 5.96 Å². The van der Waals surface area contributed by atoms with Gasteiger partial charge in [-0.15, -0.1) is 11.8 Å². The van der Waals surface area contributed by atoms with Gasteiger partial charge in [0.05, 0.1) is 19.8 Å². The van der Waals surface area contributed by atoms with Crippen molar-refractivity contribution in [3.8, 4) is 0 Å². The topological polar surface area (TPSA) is 48.9 Å². The number of thioether (sulfide) groups is 1. The molecule has 1 fully saturated rings. The predicted molar refractivity (Wildman–Crippen MR) is 103 cm³/mol. The molecule has 1 aromatic rings. The van der Waals surface area contributed by atoms with Crippen LogP contribution in [0, 0.1) is 5.82 Å². The van der Waals surface area contributed by atoms with Gasteiger partial charge in [-0.25, -0.2) is 4.39 Å². The molecule has 0 radical (unpaired) electrons. The maximum atomic E-state index is 12.9. The molecule has 1 unspecified atom stereocenters. The number of aliphatic imine (C=N–C) groups is 1. The van der Waals surface area contributed by atoms with E-state index >= 15 is 0 Å². The van der Waals surface area contributed by atoms with Crippen LogP contribution in [-0.4, -0.2) is 68.6 Å². The lowest BCUT2D eigenvalue weighted by molar-refractivity contribution is 0.0220. The van der Waals surface area contributed by atoms with Gasteiger partial charge in [0.1, 0.15) is 5.82 Å². The number of benzene rings is 1. The Labute approximate surface area is 154 Å². The van der Waals surface area contributed by atoms with E-state index in [1.54, 1.807) is 11.8 Å². The molecule has 1 aliphatic heterocycles. The fraction of sp³-hybridized carbons (Fsp3) is 0.611. The molecule has 5 nitrogen and oxygen atoms in total. The zero-order valence-electron chi connectivity index (χ0n) is 15.1. The first-order chi connectivity index (χ1) is 12.2. The third-order valence-corrected chi connectivity index (χ3v) is 5.02. The summed E-state index contributed by atoms with van der Waals surface area (Å²) in [6.07, 6.45) is 0. The van der Waals surface area contributed by atoms with Crippen LogP contribution in [0.5, 0.6) is 0 Å². The zero-order chi connectivity index (χ0) is 17.9. The minimum absolute atomic E-state index is 0.196. The molecule has 140 valence electrons. The van der Waals surface area contributed by atoms with Gasteiger partial charge in [0.25, 0.3) is 0 Å². The van der Waals surface area contributed by atoms with Crippen LogP contribution in [0.1, 0.15) is 13.8 Å². The number of hydrogen-bond acceptors (Lipinski definition) is 4. The Morgan fingerprint density at radius 3 is 2.68 bits per heavy atom. The normalized spacial score (nSPS) is 17.3. The van der Waals surface area contributed by atoms with Crippen molar-refractivity contribution in [3.63, 3.8) is 0 Å². The van der Waals surface area contributed by atoms with E-state index in [1.165, 1.54) is 12.1 Å². The number of nitrogens with zero attached hydrogens (tertiary/aromatic N) is 2. The number of ether oxygens (including phenoxy) is 1. The quantitative estimate of drug-likeness (QED) is 0.319. The Hall–Kier alpha value is -1.31. The number of guanidine groups is 1. The van der Waals surface area contributed by atoms with Gasteiger partial charge >= 0.3 is 0 Å². The molecule has 0 aliphatic carbocycles. The standard InChI is InChI=1S/C18H29FN4OS/c1-3-20-18(22-14-15(2)23-9-11-24-12-10-23)21-8-13-25-17-6-4-16(19)5-7-17/h4-7,15H,3,8-14H2,1-2H3,(H2,20,21,22). The second-order valence-electron chi connectivity index (χ2n) is 5.95. The molecule has 2 N–H and O–H groups in total. The van der Waals surface area contributed by atoms with Gasteiger partial charge in [-0.1, -0.05) is 0 Å². The molecule has 7 heteroatoms. The van der Waals surface area contributed by atoms with Gasteiger partial charge in [0.2, 0.25) is 0 Å². The summed E-state index contributed by atoms with van der Waals surface area (Å²) in [7, 11) is 0. The molecule has 1 heterocycles. The van der Waals surface area contributed by atoms with Crippen molar-refractivity contribution < 1.29 is 9.13 Å². The number of nitrogens with one attached hydrogen (secondary N) is 2. The van der Waals surface area contributed by atoms with Crippen LogP contribution in [0.2, 0.25) is 0 Å². The fourth-order valence-corrected chi connectivity index (χ4v) is 3.34. The highest BCUT2D eigenvalue weighted by Gasteiger charge is 2.16. The van der Waals surface area contributed by atoms with E-state index in [9.17, 15) is 4.39 Å². The molecule has 1 aliphatic rings. The predicted octanol–water partition coefficient (Wildman–Crippen LogP) is 2.19. The molecule has 2 rings (SSSR count). The third-order valence-electron chi connectivity index (χ3n) is 4.00. The SMILES string of the molecule is CCNC(=NCC(C)N1CCOCC1)NCCSc1ccc(F)cc1. The van der Waals surface area contributed by atoms with Gasteiger partial charge < -0.3 is 15.4 Å². The maximum Gasteiger partial charge on any atom is 0.191 e. The fourth-order valence-electron chi connectivity index (χ4n) is 2.57. The number of morpholine rings is 1. The van der Waals surface area contributed by atoms with Gasteiger partial charge in [-0.3, -0.25) is 9.89 Å². The molecule has 0 saturated carbocycles. The second-order valence-corrected chi connectivity index (χ2v) is 7.11. The van der Waals surface area contributed by atoms with E-state index in [-0.39, 0.29) is 5.82 Å². The molecule has 0 amide bonds. The molecular formula is C18H29FN4OS. The molecule has 25 heavy (non-hydrogen) atoms. The molecule has 0 bridgehead atoms. The minimum atomic E-state index is -0.196. The van der Waals surface area contributed by atoms with Crippen LogP contribution in [0.15, 0.2) is 34.2 Å². The Morgan fingerprint density at radius 1 is 1.28 bits per heavy atom. The van der Waals surface area contributed by atoms with Crippen molar-refractivity contribution in [3.05, 3.63) is 30.1 Å². The lowest BCUT2D eigenvalue weighted by Gasteiger charge is -2.31. The van der Waals surface area contributed by atoms with Crippen molar-refractivity contribution in [2.75, 3.05) is 51.7 Å². The smallest absolute Gasteiger partial charge is 0.191 e. The Morgan fingerprint density at radius 2 is 2.00 bits per heavy atom. The monoisotopic (exact) mass is 368 g/mol. The minimum Gasteiger partial charge on any atom is -0.379 e. The summed E-state index contributed by atoms with van der Waals surface area (Å²) < 4.78 is 18.3. The summed E-state index contributed by atoms with van der Waals surface area (Å²) >= 11 is 1.70. The summed E-state index contributed by atoms with van der Waals surface area (Å²) in [4.78, 5) is 8.19. The van der Waals surface area contributed by atoms with E-state index in [0.29, 0.717) is 6.04 Å². The molecular weight excluding hydrogens is 339 g/mol. The third kappa shape index (κ3) is 7.63. The summed E-state index contributed by atoms with van der Waals surface area (Å²) in [5, 5.41) is 6.65. The summed E-state index contributed by atoms with van der Waals surface area (Å²) in [5.74, 6) is 1.55. The van der Waals surface area contributed by atoms with Gasteiger partial charge in [0, 0.05) is 42.9 Å². The molecule has 0 spiro atoms. The molecule has 1 atom stereocenters. The molecule has 0 aromatic heterocycles. The van der Waals surface area contributed by atoms with Crippen LogP contribution >= 0.6 is 11.8 Å². The number of hydrogen-bond donors (Lipinski definition) is 2. The average molecular weight is 369 g/mol. The van der Waals surface area contributed by atoms with Crippen molar-refractivity contribution in [2.24, 2.45) is 4.99 Å². The number of halogens is 1. The van der Waals surface area contributed by atoms with Crippen LogP contribution in [0.3, 0.4) is 0 Å². The van der Waals surface area contributed by atoms with Gasteiger partial charge in [-0.05, 0) is 38.1 Å². The summed E-state index contributed by atoms with van der Waals surface area (Å²) in [5.41, 5.74) is 0.